The first-order chi connectivity index (χ1) is 22.0. The maximum atomic E-state index is 14.2. The van der Waals surface area contributed by atoms with Crippen molar-refractivity contribution in [3.05, 3.63) is 122 Å². The number of aromatic amines is 1. The highest BCUT2D eigenvalue weighted by Gasteiger charge is 2.28. The first-order valence-corrected chi connectivity index (χ1v) is 16.1. The van der Waals surface area contributed by atoms with Gasteiger partial charge in [0.05, 0.1) is 11.4 Å². The number of aryl methyl sites for hydroxylation is 6. The summed E-state index contributed by atoms with van der Waals surface area (Å²) in [6.07, 6.45) is 1.51. The molecule has 466 valence electrons. The summed E-state index contributed by atoms with van der Waals surface area (Å²) in [5, 5.41) is 3.15. The number of amides is 2. The van der Waals surface area contributed by atoms with Gasteiger partial charge in [0, 0.05) is 213 Å². The molecule has 0 saturated heterocycles. The lowest BCUT2D eigenvalue weighted by molar-refractivity contribution is 0.0986. The molecule has 5 aromatic rings. The Balaban J connectivity index is -0.00000000206. The van der Waals surface area contributed by atoms with Crippen LogP contribution in [0.5, 0.6) is 0 Å². The van der Waals surface area contributed by atoms with Crippen LogP contribution in [0.2, 0.25) is 0 Å². The highest BCUT2D eigenvalue weighted by molar-refractivity contribution is 6.11. The first kappa shape index (κ1) is 31.0. The van der Waals surface area contributed by atoms with Crippen LogP contribution in [0.4, 0.5) is 11.4 Å². The van der Waals surface area contributed by atoms with Crippen molar-refractivity contribution in [3.8, 4) is 22.4 Å². The molecule has 2 amide bonds. The van der Waals surface area contributed by atoms with Gasteiger partial charge < -0.3 is 15.2 Å². The van der Waals surface area contributed by atoms with E-state index >= 15 is 0 Å². The molecule has 2 heterocycles. The Kier molecular flexibility index (Phi) is 8.15. The number of aromatic nitrogens is 2. The minimum atomic E-state index is -0.173. The van der Waals surface area contributed by atoms with E-state index in [1.807, 2.05) is 48.2 Å². The Bertz CT molecular complexity index is 2170. The van der Waals surface area contributed by atoms with Crippen LogP contribution < -0.4 is 10.2 Å². The van der Waals surface area contributed by atoms with E-state index in [0.717, 1.165) is 68.3 Å². The van der Waals surface area contributed by atoms with E-state index in [1.54, 1.807) is 0 Å². The Morgan fingerprint density at radius 1 is 0.826 bits per heavy atom. The number of carbonyl (C=O) groups excluding carboxylic acids is 2. The lowest BCUT2D eigenvalue weighted by Gasteiger charge is -2.24. The molecule has 2 N–H and O–H groups in total. The molecule has 0 radical (unpaired) electrons. The fourth-order valence-electron chi connectivity index (χ4n) is 6.46. The minimum Gasteiger partial charge on any atom is -0.345 e. The van der Waals surface area contributed by atoms with E-state index in [1.165, 1.54) is 16.7 Å². The number of fused-ring (bicyclic) bond motifs is 3. The SMILES string of the molecule is CCc1nc2c([nH]1)CCN(C(=O)c1ccc(NC(=O)c3ccc(C)c(C)c3-c3cccc(C)c3C)c(C)c1)c1cc(C)c(C)cc1-2.[HH].[HH].[HH].[HH].[HH].[HH].[HH].[HH].[HH].[HH].[HH].[HH].[HH].[HH].[HH].[HH].[HH].[HH].[HH].[HH].[HH].[HH].[HH].[HH].[HH].[HH].[HH].[HH].[HH].[HH].[HH].[HH].[HH].[HH].[HH].[HH].[HH].[HH].[HH].[HH].[HH].[HH].[HH].[HH].[HH].[HH].[HH].[HH].[HH].[HH].[HH].[HH].[HH].[HH].[HH].[HH].[HH].[HH].[HH].[HH].[HH].[HH].[HH].[HH].[HH].[HH].[HH].[HH].[HH].[HH].[HH].[HH].[HH].[HH].[HH].[HH].[HH].[HH].[HH].[HH].[HH].[HH].[HH].[HH].[HH].[HH].[HH].[HH].[HH].[HH].[HH].[HH].[HH].[HH].[HH].[HH].[HH].[HH].[HH].[HH].[HH].[HH].[HH].[HH].[HH].[HH].[HH].[HH].[HH].[HH].[HH].[HH].[HH].[HH].[HH].[HH]. The van der Waals surface area contributed by atoms with Crippen molar-refractivity contribution in [3.63, 3.8) is 0 Å². The van der Waals surface area contributed by atoms with Gasteiger partial charge in [0.15, 0.2) is 0 Å². The van der Waals surface area contributed by atoms with E-state index in [0.29, 0.717) is 29.8 Å². The number of rotatable bonds is 5. The third kappa shape index (κ3) is 5.42. The number of hydrogen-bond donors (Lipinski definition) is 2. The van der Waals surface area contributed by atoms with Crippen molar-refractivity contribution in [1.82, 2.24) is 9.97 Å². The molecule has 0 unspecified atom stereocenters. The number of benzene rings is 4. The van der Waals surface area contributed by atoms with Crippen molar-refractivity contribution >= 4 is 23.2 Å². The zero-order chi connectivity index (χ0) is 32.9. The van der Waals surface area contributed by atoms with Crippen LogP contribution in [0, 0.1) is 48.5 Å². The third-order valence-corrected chi connectivity index (χ3v) is 9.73. The Labute approximate surface area is 444 Å². The highest BCUT2D eigenvalue weighted by atomic mass is 16.2. The monoisotopic (exact) mass is 844 g/mol. The Morgan fingerprint density at radius 3 is 2.30 bits per heavy atom. The predicted octanol–water partition coefficient (Wildman–Crippen LogP) is 37.5. The van der Waals surface area contributed by atoms with Crippen molar-refractivity contribution in [2.45, 2.75) is 68.2 Å². The van der Waals surface area contributed by atoms with Crippen molar-refractivity contribution in [2.75, 3.05) is 16.8 Å². The first-order valence-electron chi connectivity index (χ1n) is 16.1. The van der Waals surface area contributed by atoms with E-state index in [4.69, 9.17) is 4.98 Å². The van der Waals surface area contributed by atoms with Crippen LogP contribution in [-0.4, -0.2) is 28.3 Å². The largest absolute Gasteiger partial charge is 0.345 e. The second-order valence-electron chi connectivity index (χ2n) is 12.7. The van der Waals surface area contributed by atoms with Crippen LogP contribution >= 0.6 is 0 Å². The number of H-pyrrole nitrogens is 1. The third-order valence-electron chi connectivity index (χ3n) is 9.73. The van der Waals surface area contributed by atoms with Gasteiger partial charge in [-0.2, -0.15) is 0 Å². The molecule has 6 rings (SSSR count). The number of nitrogens with one attached hydrogen (secondary N) is 2. The predicted molar refractivity (Wildman–Crippen MR) is 433 cm³/mol. The summed E-state index contributed by atoms with van der Waals surface area (Å²) >= 11 is 0. The second-order valence-corrected chi connectivity index (χ2v) is 12.7. The zero-order valence-corrected chi connectivity index (χ0v) is 28.1. The average molecular weight is 845 g/mol. The van der Waals surface area contributed by atoms with Gasteiger partial charge in [-0.3, -0.25) is 9.59 Å². The van der Waals surface area contributed by atoms with Crippen LogP contribution in [-0.2, 0) is 12.8 Å². The molecule has 6 heteroatoms. The molecule has 6 nitrogen and oxygen atoms in total. The average Bonchev–Trinajstić information content (AvgIpc) is 3.39. The number of imidazole rings is 1. The van der Waals surface area contributed by atoms with Crippen LogP contribution in [0.25, 0.3) is 22.4 Å². The molecule has 1 aromatic heterocycles. The molecule has 46 heavy (non-hydrogen) atoms. The smallest absolute Gasteiger partial charge is 0.258 e. The molecule has 0 bridgehead atoms. The molecule has 1 aliphatic rings. The van der Waals surface area contributed by atoms with Gasteiger partial charge in [-0.25, -0.2) is 4.98 Å². The summed E-state index contributed by atoms with van der Waals surface area (Å²) in [6.45, 7) is 17.1. The van der Waals surface area contributed by atoms with E-state index in [-0.39, 0.29) is 177 Å². The summed E-state index contributed by atoms with van der Waals surface area (Å²) in [5.41, 5.74) is 15.5. The molecule has 1 aliphatic heterocycles. The Morgan fingerprint density at radius 2 is 1.57 bits per heavy atom. The molecule has 0 spiro atoms. The minimum absolute atomic E-state index is 0. The van der Waals surface area contributed by atoms with Gasteiger partial charge in [0.1, 0.15) is 5.82 Å². The maximum absolute atomic E-state index is 14.2. The fraction of sp³-hybridized carbons (Fsp3) is 0.275. The molecule has 4 aromatic carbocycles. The lowest BCUT2D eigenvalue weighted by atomic mass is 9.88. The van der Waals surface area contributed by atoms with Gasteiger partial charge in [-0.15, -0.1) is 0 Å². The summed E-state index contributed by atoms with van der Waals surface area (Å²) < 4.78 is 0. The van der Waals surface area contributed by atoms with Gasteiger partial charge >= 0.3 is 0 Å². The zero-order valence-electron chi connectivity index (χ0n) is 28.1. The van der Waals surface area contributed by atoms with Gasteiger partial charge in [-0.05, 0) is 135 Å². The standard InChI is InChI=1S/C40H42N4O2.116H2/c1-9-36-41-34-17-18-44(35-21-25(5)24(4)20-32(35)38(34)43-36)40(46)29-14-16-33(26(6)19-29)42-39(45)31-15-13-23(3)28(8)37(31)30-12-10-11-22(2)27(30)7;;;;;;;;;;;;;;;;;;;;;;;;;;;;;;;;;;;;;;;;;;;;;;;;;;;;;;;;;;;;;;;;;;;;;;;;;;;;;;;;;;;;;;;;;;;;;;;;;;;;;;;;;;;;;;;;;;;;/h10-16,19-21H,9,17-18H2,1-8H3,(H,41,43)(H,42,45);116*1H. The highest BCUT2D eigenvalue weighted by Crippen LogP contribution is 2.39. The van der Waals surface area contributed by atoms with Crippen molar-refractivity contribution in [1.29, 1.82) is 0 Å². The number of nitrogens with zero attached hydrogens (tertiary/aromatic N) is 2. The Hall–Kier alpha value is -4.97. The number of hydrogen-bond acceptors (Lipinski definition) is 3. The van der Waals surface area contributed by atoms with Crippen LogP contribution in [0.3, 0.4) is 0 Å². The molecule has 0 saturated carbocycles. The van der Waals surface area contributed by atoms with Crippen molar-refractivity contribution in [2.24, 2.45) is 0 Å². The molecular formula is C40H274N4O2. The summed E-state index contributed by atoms with van der Waals surface area (Å²) in [7, 11) is 0. The fourth-order valence-corrected chi connectivity index (χ4v) is 6.46. The van der Waals surface area contributed by atoms with E-state index in [2.05, 4.69) is 83.0 Å². The number of anilines is 2. The normalized spacial score (nSPS) is 12.4. The summed E-state index contributed by atoms with van der Waals surface area (Å²) in [4.78, 5) is 38.3. The second kappa shape index (κ2) is 12.1. The molecule has 0 atom stereocenters. The topological polar surface area (TPSA) is 78.1 Å². The molecular weight excluding hydrogens is 568 g/mol. The van der Waals surface area contributed by atoms with Crippen LogP contribution in [0.15, 0.2) is 60.7 Å². The van der Waals surface area contributed by atoms with E-state index in [9.17, 15) is 9.59 Å². The van der Waals surface area contributed by atoms with Crippen LogP contribution in [0.1, 0.15) is 244 Å². The van der Waals surface area contributed by atoms with Gasteiger partial charge in [0.25, 0.3) is 11.8 Å². The van der Waals surface area contributed by atoms with Gasteiger partial charge in [-0.1, -0.05) is 31.2 Å². The quantitative estimate of drug-likeness (QED) is 0.185. The maximum Gasteiger partial charge on any atom is 0.258 e. The lowest BCUT2D eigenvalue weighted by Crippen LogP contribution is -2.32. The van der Waals surface area contributed by atoms with E-state index < -0.39 is 0 Å². The number of carbonyl (C=O) groups is 2. The van der Waals surface area contributed by atoms with Crippen molar-refractivity contribution < 1.29 is 175 Å². The van der Waals surface area contributed by atoms with Gasteiger partial charge in [0.2, 0.25) is 0 Å². The summed E-state index contributed by atoms with van der Waals surface area (Å²) in [5.74, 6) is 0.718. The molecule has 0 fully saturated rings. The molecule has 0 aliphatic carbocycles. The summed E-state index contributed by atoms with van der Waals surface area (Å²) in [6, 6.07) is 19.9.